The molecule has 1 aliphatic carbocycles. The van der Waals surface area contributed by atoms with Crippen LogP contribution in [-0.2, 0) is 0 Å². The summed E-state index contributed by atoms with van der Waals surface area (Å²) in [5.41, 5.74) is 1.01. The molecule has 2 aromatic rings. The van der Waals surface area contributed by atoms with Crippen LogP contribution in [0, 0.1) is 10.1 Å². The largest absolute Gasteiger partial charge is 0.391 e. The molecule has 2 fully saturated rings. The number of piperidine rings is 1. The van der Waals surface area contributed by atoms with Gasteiger partial charge >= 0.3 is 0 Å². The van der Waals surface area contributed by atoms with Crippen LogP contribution in [0.4, 0.5) is 11.4 Å². The maximum Gasteiger partial charge on any atom is 0.278 e. The van der Waals surface area contributed by atoms with E-state index in [1.54, 1.807) is 24.5 Å². The van der Waals surface area contributed by atoms with E-state index in [-0.39, 0.29) is 16.7 Å². The van der Waals surface area contributed by atoms with Gasteiger partial charge in [0.05, 0.1) is 16.4 Å². The second kappa shape index (κ2) is 7.78. The lowest BCUT2D eigenvalue weighted by Crippen LogP contribution is -2.50. The smallest absolute Gasteiger partial charge is 0.278 e. The molecule has 7 heteroatoms. The molecule has 1 aliphatic heterocycles. The number of anilines is 1. The Bertz CT molecular complexity index is 820. The third kappa shape index (κ3) is 3.75. The van der Waals surface area contributed by atoms with E-state index in [4.69, 9.17) is 0 Å². The standard InChI is InChI=1S/C20H26N4O3/c25-20-4-2-1-3-19(20)23-11-8-14(9-12-23)22-17-5-6-18(24(26)27)16-13-21-10-7-15(16)17/h5-7,10,13-14,19-20,22,25H,1-4,8-9,11-12H2. The number of aromatic nitrogens is 1. The predicted octanol–water partition coefficient (Wildman–Crippen LogP) is 3.32. The summed E-state index contributed by atoms with van der Waals surface area (Å²) in [6.45, 7) is 1.96. The Hall–Kier alpha value is -2.25. The molecule has 0 amide bonds. The van der Waals surface area contributed by atoms with Gasteiger partial charge in [-0.25, -0.2) is 0 Å². The summed E-state index contributed by atoms with van der Waals surface area (Å²) in [7, 11) is 0. The van der Waals surface area contributed by atoms with Crippen LogP contribution < -0.4 is 5.32 Å². The van der Waals surface area contributed by atoms with Crippen molar-refractivity contribution in [3.63, 3.8) is 0 Å². The van der Waals surface area contributed by atoms with Gasteiger partial charge < -0.3 is 10.4 Å². The number of aliphatic hydroxyl groups is 1. The number of non-ortho nitro benzene ring substituents is 1. The summed E-state index contributed by atoms with van der Waals surface area (Å²) in [6.07, 6.45) is 9.43. The lowest BCUT2D eigenvalue weighted by Gasteiger charge is -2.41. The summed E-state index contributed by atoms with van der Waals surface area (Å²) in [6, 6.07) is 5.83. The number of benzene rings is 1. The second-order valence-corrected chi connectivity index (χ2v) is 7.68. The van der Waals surface area contributed by atoms with Crippen molar-refractivity contribution in [2.45, 2.75) is 56.7 Å². The third-order valence-corrected chi connectivity index (χ3v) is 6.04. The van der Waals surface area contributed by atoms with E-state index in [1.165, 1.54) is 6.42 Å². The number of pyridine rings is 1. The molecule has 2 atom stereocenters. The summed E-state index contributed by atoms with van der Waals surface area (Å²) in [5.74, 6) is 0. The highest BCUT2D eigenvalue weighted by Gasteiger charge is 2.31. The number of likely N-dealkylation sites (tertiary alicyclic amines) is 1. The van der Waals surface area contributed by atoms with E-state index in [9.17, 15) is 15.2 Å². The molecule has 1 aromatic heterocycles. The Morgan fingerprint density at radius 2 is 1.89 bits per heavy atom. The maximum atomic E-state index is 11.3. The number of fused-ring (bicyclic) bond motifs is 1. The molecule has 1 saturated heterocycles. The van der Waals surface area contributed by atoms with Crippen LogP contribution >= 0.6 is 0 Å². The van der Waals surface area contributed by atoms with Crippen LogP contribution in [0.25, 0.3) is 10.8 Å². The van der Waals surface area contributed by atoms with Gasteiger partial charge in [-0.2, -0.15) is 0 Å². The molecule has 4 rings (SSSR count). The lowest BCUT2D eigenvalue weighted by atomic mass is 9.89. The molecule has 27 heavy (non-hydrogen) atoms. The highest BCUT2D eigenvalue weighted by molar-refractivity contribution is 5.99. The highest BCUT2D eigenvalue weighted by Crippen LogP contribution is 2.32. The molecule has 144 valence electrons. The van der Waals surface area contributed by atoms with Crippen molar-refractivity contribution in [3.8, 4) is 0 Å². The van der Waals surface area contributed by atoms with Crippen molar-refractivity contribution in [1.82, 2.24) is 9.88 Å². The van der Waals surface area contributed by atoms with Crippen molar-refractivity contribution in [2.24, 2.45) is 0 Å². The second-order valence-electron chi connectivity index (χ2n) is 7.68. The van der Waals surface area contributed by atoms with Crippen LogP contribution in [0.15, 0.2) is 30.6 Å². The molecule has 2 unspecified atom stereocenters. The molecule has 0 spiro atoms. The first-order valence-corrected chi connectivity index (χ1v) is 9.83. The highest BCUT2D eigenvalue weighted by atomic mass is 16.6. The summed E-state index contributed by atoms with van der Waals surface area (Å²) in [4.78, 5) is 17.4. The van der Waals surface area contributed by atoms with Gasteiger partial charge in [-0.15, -0.1) is 0 Å². The van der Waals surface area contributed by atoms with Crippen molar-refractivity contribution in [3.05, 3.63) is 40.7 Å². The normalized spacial score (nSPS) is 24.8. The summed E-state index contributed by atoms with van der Waals surface area (Å²) in [5, 5.41) is 26.5. The molecule has 7 nitrogen and oxygen atoms in total. The summed E-state index contributed by atoms with van der Waals surface area (Å²) >= 11 is 0. The number of hydrogen-bond acceptors (Lipinski definition) is 6. The van der Waals surface area contributed by atoms with Crippen molar-refractivity contribution in [1.29, 1.82) is 0 Å². The first-order valence-electron chi connectivity index (χ1n) is 9.83. The molecule has 2 aliphatic rings. The molecule has 1 aromatic carbocycles. The van der Waals surface area contributed by atoms with E-state index in [0.29, 0.717) is 17.5 Å². The number of nitro groups is 1. The van der Waals surface area contributed by atoms with Gasteiger partial charge in [-0.1, -0.05) is 12.8 Å². The fourth-order valence-electron chi connectivity index (χ4n) is 4.57. The van der Waals surface area contributed by atoms with Gasteiger partial charge in [-0.05, 0) is 37.8 Å². The monoisotopic (exact) mass is 370 g/mol. The minimum absolute atomic E-state index is 0.0877. The van der Waals surface area contributed by atoms with E-state index < -0.39 is 0 Å². The van der Waals surface area contributed by atoms with Crippen molar-refractivity contribution in [2.75, 3.05) is 18.4 Å². The first-order chi connectivity index (χ1) is 13.1. The molecule has 1 saturated carbocycles. The summed E-state index contributed by atoms with van der Waals surface area (Å²) < 4.78 is 0. The number of rotatable bonds is 4. The molecule has 2 N–H and O–H groups in total. The van der Waals surface area contributed by atoms with Crippen LogP contribution in [-0.4, -0.2) is 51.2 Å². The molecular weight excluding hydrogens is 344 g/mol. The molecule has 2 heterocycles. The molecular formula is C20H26N4O3. The Kier molecular flexibility index (Phi) is 5.22. The maximum absolute atomic E-state index is 11.3. The number of nitrogens with one attached hydrogen (secondary N) is 1. The average molecular weight is 370 g/mol. The van der Waals surface area contributed by atoms with Gasteiger partial charge in [0.25, 0.3) is 5.69 Å². The van der Waals surface area contributed by atoms with E-state index in [2.05, 4.69) is 15.2 Å². The van der Waals surface area contributed by atoms with Crippen molar-refractivity contribution >= 4 is 22.1 Å². The quantitative estimate of drug-likeness (QED) is 0.634. The van der Waals surface area contributed by atoms with Gasteiger partial charge in [0, 0.05) is 54.7 Å². The SMILES string of the molecule is O=[N+]([O-])c1ccc(NC2CCN(C3CCCCC3O)CC2)c2ccncc12. The van der Waals surface area contributed by atoms with E-state index in [0.717, 1.165) is 56.3 Å². The Morgan fingerprint density at radius 3 is 2.63 bits per heavy atom. The van der Waals surface area contributed by atoms with Crippen LogP contribution in [0.5, 0.6) is 0 Å². The zero-order valence-electron chi connectivity index (χ0n) is 15.4. The van der Waals surface area contributed by atoms with Crippen LogP contribution in [0.3, 0.4) is 0 Å². The van der Waals surface area contributed by atoms with Gasteiger partial charge in [0.1, 0.15) is 0 Å². The third-order valence-electron chi connectivity index (χ3n) is 6.04. The Balaban J connectivity index is 1.45. The van der Waals surface area contributed by atoms with Gasteiger partial charge in [-0.3, -0.25) is 20.0 Å². The number of nitro benzene ring substituents is 1. The number of nitrogens with zero attached hydrogens (tertiary/aromatic N) is 3. The Labute approximate surface area is 158 Å². The van der Waals surface area contributed by atoms with Crippen molar-refractivity contribution < 1.29 is 10.0 Å². The zero-order chi connectivity index (χ0) is 18.8. The van der Waals surface area contributed by atoms with Crippen LogP contribution in [0.2, 0.25) is 0 Å². The average Bonchev–Trinajstić information content (AvgIpc) is 2.69. The first kappa shape index (κ1) is 18.1. The fourth-order valence-corrected chi connectivity index (χ4v) is 4.57. The van der Waals surface area contributed by atoms with Gasteiger partial charge in [0.2, 0.25) is 0 Å². The minimum atomic E-state index is -0.359. The fraction of sp³-hybridized carbons (Fsp3) is 0.550. The number of hydrogen-bond donors (Lipinski definition) is 2. The molecule has 0 radical (unpaired) electrons. The zero-order valence-corrected chi connectivity index (χ0v) is 15.4. The lowest BCUT2D eigenvalue weighted by molar-refractivity contribution is -0.383. The predicted molar refractivity (Wildman–Crippen MR) is 105 cm³/mol. The molecule has 0 bridgehead atoms. The number of aliphatic hydroxyl groups excluding tert-OH is 1. The van der Waals surface area contributed by atoms with Gasteiger partial charge in [0.15, 0.2) is 0 Å². The minimum Gasteiger partial charge on any atom is -0.391 e. The Morgan fingerprint density at radius 1 is 1.11 bits per heavy atom. The van der Waals surface area contributed by atoms with Crippen LogP contribution in [0.1, 0.15) is 38.5 Å². The topological polar surface area (TPSA) is 91.5 Å². The van der Waals surface area contributed by atoms with E-state index >= 15 is 0 Å². The van der Waals surface area contributed by atoms with E-state index in [1.807, 2.05) is 6.07 Å².